The fourth-order valence-electron chi connectivity index (χ4n) is 2.43. The second-order valence-corrected chi connectivity index (χ2v) is 6.15. The molecule has 0 aliphatic heterocycles. The molecule has 1 saturated carbocycles. The topological polar surface area (TPSA) is 61.8 Å². The van der Waals surface area contributed by atoms with E-state index in [4.69, 9.17) is 10.9 Å². The SMILES string of the molecule is CC(C)CCN(Cc1cccc(/C(N)=N/O)c1F)C1CC1. The second kappa shape index (κ2) is 6.89. The van der Waals surface area contributed by atoms with Crippen molar-refractivity contribution in [2.24, 2.45) is 16.8 Å². The molecule has 0 atom stereocenters. The van der Waals surface area contributed by atoms with E-state index in [-0.39, 0.29) is 17.2 Å². The average Bonchev–Trinajstić information content (AvgIpc) is 3.28. The molecule has 116 valence electrons. The van der Waals surface area contributed by atoms with Crippen molar-refractivity contribution in [3.8, 4) is 0 Å². The van der Waals surface area contributed by atoms with Crippen molar-refractivity contribution in [2.75, 3.05) is 6.54 Å². The van der Waals surface area contributed by atoms with E-state index in [1.807, 2.05) is 0 Å². The highest BCUT2D eigenvalue weighted by Gasteiger charge is 2.29. The third-order valence-corrected chi connectivity index (χ3v) is 3.89. The minimum absolute atomic E-state index is 0.162. The Bertz CT molecular complexity index is 512. The zero-order chi connectivity index (χ0) is 15.4. The molecule has 1 aliphatic carbocycles. The molecule has 1 aliphatic rings. The Morgan fingerprint density at radius 2 is 2.19 bits per heavy atom. The van der Waals surface area contributed by atoms with Crippen LogP contribution in [0, 0.1) is 11.7 Å². The van der Waals surface area contributed by atoms with E-state index < -0.39 is 0 Å². The van der Waals surface area contributed by atoms with Crippen molar-refractivity contribution in [2.45, 2.75) is 45.7 Å². The first kappa shape index (κ1) is 15.8. The Hall–Kier alpha value is -1.62. The molecule has 0 heterocycles. The summed E-state index contributed by atoms with van der Waals surface area (Å²) >= 11 is 0. The minimum atomic E-state index is -0.386. The second-order valence-electron chi connectivity index (χ2n) is 6.15. The molecule has 4 nitrogen and oxygen atoms in total. The first-order chi connectivity index (χ1) is 10.0. The van der Waals surface area contributed by atoms with Crippen LogP contribution in [0.15, 0.2) is 23.4 Å². The van der Waals surface area contributed by atoms with E-state index >= 15 is 0 Å². The van der Waals surface area contributed by atoms with E-state index in [0.717, 1.165) is 13.0 Å². The highest BCUT2D eigenvalue weighted by molar-refractivity contribution is 5.97. The lowest BCUT2D eigenvalue weighted by Crippen LogP contribution is -2.28. The molecular formula is C16H24FN3O. The molecule has 21 heavy (non-hydrogen) atoms. The van der Waals surface area contributed by atoms with Gasteiger partial charge in [-0.1, -0.05) is 31.1 Å². The van der Waals surface area contributed by atoms with Crippen molar-refractivity contribution in [3.63, 3.8) is 0 Å². The Labute approximate surface area is 125 Å². The van der Waals surface area contributed by atoms with E-state index in [0.29, 0.717) is 24.1 Å². The van der Waals surface area contributed by atoms with E-state index in [9.17, 15) is 4.39 Å². The first-order valence-electron chi connectivity index (χ1n) is 7.52. The molecule has 0 amide bonds. The van der Waals surface area contributed by atoms with Gasteiger partial charge in [-0.2, -0.15) is 0 Å². The van der Waals surface area contributed by atoms with Crippen molar-refractivity contribution in [3.05, 3.63) is 35.1 Å². The number of halogens is 1. The summed E-state index contributed by atoms with van der Waals surface area (Å²) in [7, 11) is 0. The van der Waals surface area contributed by atoms with Crippen LogP contribution in [-0.2, 0) is 6.54 Å². The molecule has 0 unspecified atom stereocenters. The van der Waals surface area contributed by atoms with Crippen LogP contribution in [0.25, 0.3) is 0 Å². The van der Waals surface area contributed by atoms with E-state index in [2.05, 4.69) is 23.9 Å². The predicted molar refractivity (Wildman–Crippen MR) is 81.8 cm³/mol. The van der Waals surface area contributed by atoms with Crippen molar-refractivity contribution in [1.82, 2.24) is 4.90 Å². The van der Waals surface area contributed by atoms with Gasteiger partial charge in [0, 0.05) is 18.2 Å². The predicted octanol–water partition coefficient (Wildman–Crippen LogP) is 2.93. The molecule has 1 aromatic rings. The number of hydrogen-bond donors (Lipinski definition) is 2. The molecule has 0 saturated heterocycles. The van der Waals surface area contributed by atoms with E-state index in [1.54, 1.807) is 12.1 Å². The summed E-state index contributed by atoms with van der Waals surface area (Å²) in [6.45, 7) is 5.96. The average molecular weight is 293 g/mol. The zero-order valence-corrected chi connectivity index (χ0v) is 12.7. The quantitative estimate of drug-likeness (QED) is 0.352. The third kappa shape index (κ3) is 4.17. The van der Waals surface area contributed by atoms with Gasteiger partial charge in [0.2, 0.25) is 0 Å². The van der Waals surface area contributed by atoms with Gasteiger partial charge in [-0.3, -0.25) is 4.90 Å². The van der Waals surface area contributed by atoms with E-state index in [1.165, 1.54) is 18.9 Å². The number of nitrogens with zero attached hydrogens (tertiary/aromatic N) is 2. The van der Waals surface area contributed by atoms with Crippen LogP contribution < -0.4 is 5.73 Å². The lowest BCUT2D eigenvalue weighted by Gasteiger charge is -2.23. The fraction of sp³-hybridized carbons (Fsp3) is 0.562. The van der Waals surface area contributed by atoms with Crippen LogP contribution in [0.4, 0.5) is 4.39 Å². The van der Waals surface area contributed by atoms with Crippen molar-refractivity contribution >= 4 is 5.84 Å². The molecule has 0 radical (unpaired) electrons. The zero-order valence-electron chi connectivity index (χ0n) is 12.7. The fourth-order valence-corrected chi connectivity index (χ4v) is 2.43. The molecule has 0 bridgehead atoms. The summed E-state index contributed by atoms with van der Waals surface area (Å²) in [5, 5.41) is 11.6. The lowest BCUT2D eigenvalue weighted by molar-refractivity contribution is 0.236. The maximum absolute atomic E-state index is 14.5. The third-order valence-electron chi connectivity index (χ3n) is 3.89. The minimum Gasteiger partial charge on any atom is -0.409 e. The Balaban J connectivity index is 2.13. The number of amidine groups is 1. The number of nitrogens with two attached hydrogens (primary N) is 1. The monoisotopic (exact) mass is 293 g/mol. The van der Waals surface area contributed by atoms with Crippen LogP contribution in [0.3, 0.4) is 0 Å². The van der Waals surface area contributed by atoms with Crippen LogP contribution >= 0.6 is 0 Å². The number of hydrogen-bond acceptors (Lipinski definition) is 3. The summed E-state index contributed by atoms with van der Waals surface area (Å²) in [6.07, 6.45) is 3.50. The van der Waals surface area contributed by atoms with Crippen LogP contribution in [0.1, 0.15) is 44.2 Å². The van der Waals surface area contributed by atoms with Crippen LogP contribution in [0.5, 0.6) is 0 Å². The molecule has 3 N–H and O–H groups in total. The standard InChI is InChI=1S/C16H24FN3O/c1-11(2)8-9-20(13-6-7-13)10-12-4-3-5-14(15(12)17)16(18)19-21/h3-5,11,13,21H,6-10H2,1-2H3,(H2,18,19). The molecular weight excluding hydrogens is 269 g/mol. The lowest BCUT2D eigenvalue weighted by atomic mass is 10.1. The highest BCUT2D eigenvalue weighted by atomic mass is 19.1. The molecule has 2 rings (SSSR count). The molecule has 5 heteroatoms. The Morgan fingerprint density at radius 1 is 1.48 bits per heavy atom. The van der Waals surface area contributed by atoms with Crippen LogP contribution in [0.2, 0.25) is 0 Å². The molecule has 1 aromatic carbocycles. The Morgan fingerprint density at radius 3 is 2.76 bits per heavy atom. The van der Waals surface area contributed by atoms with Gasteiger partial charge in [0.15, 0.2) is 5.84 Å². The maximum atomic E-state index is 14.5. The summed E-state index contributed by atoms with van der Waals surface area (Å²) in [6, 6.07) is 5.63. The normalized spacial score (nSPS) is 16.0. The van der Waals surface area contributed by atoms with Gasteiger partial charge in [-0.25, -0.2) is 4.39 Å². The van der Waals surface area contributed by atoms with Crippen molar-refractivity contribution in [1.29, 1.82) is 0 Å². The molecule has 0 aromatic heterocycles. The molecule has 0 spiro atoms. The summed E-state index contributed by atoms with van der Waals surface area (Å²) in [5.41, 5.74) is 6.28. The summed E-state index contributed by atoms with van der Waals surface area (Å²) in [4.78, 5) is 2.34. The Kier molecular flexibility index (Phi) is 5.17. The largest absolute Gasteiger partial charge is 0.409 e. The number of benzene rings is 1. The first-order valence-corrected chi connectivity index (χ1v) is 7.52. The van der Waals surface area contributed by atoms with Gasteiger partial charge in [0.1, 0.15) is 5.82 Å². The summed E-state index contributed by atoms with van der Waals surface area (Å²) < 4.78 is 14.5. The van der Waals surface area contributed by atoms with Crippen LogP contribution in [-0.4, -0.2) is 28.5 Å². The van der Waals surface area contributed by atoms with Gasteiger partial charge in [-0.05, 0) is 37.8 Å². The maximum Gasteiger partial charge on any atom is 0.173 e. The van der Waals surface area contributed by atoms with Crippen molar-refractivity contribution < 1.29 is 9.60 Å². The summed E-state index contributed by atoms with van der Waals surface area (Å²) in [5.74, 6) is 0.0668. The van der Waals surface area contributed by atoms with Gasteiger partial charge in [0.05, 0.1) is 5.56 Å². The number of oxime groups is 1. The van der Waals surface area contributed by atoms with Gasteiger partial charge in [0.25, 0.3) is 0 Å². The molecule has 1 fully saturated rings. The van der Waals surface area contributed by atoms with Gasteiger partial charge in [-0.15, -0.1) is 0 Å². The highest BCUT2D eigenvalue weighted by Crippen LogP contribution is 2.29. The van der Waals surface area contributed by atoms with Gasteiger partial charge < -0.3 is 10.9 Å². The smallest absolute Gasteiger partial charge is 0.173 e. The van der Waals surface area contributed by atoms with Gasteiger partial charge >= 0.3 is 0 Å². The number of rotatable bonds is 7.